The Kier molecular flexibility index (Phi) is 4.98. The van der Waals surface area contributed by atoms with Crippen LogP contribution in [0.3, 0.4) is 0 Å². The summed E-state index contributed by atoms with van der Waals surface area (Å²) >= 11 is 0. The van der Waals surface area contributed by atoms with Crippen LogP contribution in [0.25, 0.3) is 0 Å². The molecule has 2 N–H and O–H groups in total. The van der Waals surface area contributed by atoms with Gasteiger partial charge in [0.1, 0.15) is 12.4 Å². The number of pyridine rings is 1. The summed E-state index contributed by atoms with van der Waals surface area (Å²) in [6.45, 7) is -0.0898. The van der Waals surface area contributed by atoms with E-state index in [2.05, 4.69) is 4.98 Å². The fraction of sp³-hybridized carbons (Fsp3) is 0.200. The van der Waals surface area contributed by atoms with Crippen molar-refractivity contribution in [1.29, 1.82) is 0 Å². The van der Waals surface area contributed by atoms with Crippen molar-refractivity contribution in [2.45, 2.75) is 6.61 Å². The van der Waals surface area contributed by atoms with Crippen LogP contribution in [0, 0.1) is 0 Å². The molecule has 1 aromatic carbocycles. The minimum absolute atomic E-state index is 0.0843. The Balaban J connectivity index is 1.81. The Morgan fingerprint density at radius 3 is 2.71 bits per heavy atom. The van der Waals surface area contributed by atoms with Crippen molar-refractivity contribution in [1.82, 2.24) is 4.98 Å². The number of aromatic nitrogens is 1. The Bertz CT molecular complexity index is 599. The maximum Gasteiger partial charge on any atom is 0.344 e. The lowest BCUT2D eigenvalue weighted by Crippen LogP contribution is -2.15. The predicted octanol–water partition coefficient (Wildman–Crippen LogP) is 1.79. The largest absolute Gasteiger partial charge is 0.482 e. The van der Waals surface area contributed by atoms with Crippen molar-refractivity contribution >= 4 is 11.7 Å². The number of benzene rings is 1. The second-order valence-electron chi connectivity index (χ2n) is 4.19. The molecule has 2 rings (SSSR count). The highest BCUT2D eigenvalue weighted by Gasteiger charge is 2.08. The zero-order valence-corrected chi connectivity index (χ0v) is 11.6. The Morgan fingerprint density at radius 1 is 1.24 bits per heavy atom. The van der Waals surface area contributed by atoms with Gasteiger partial charge in [-0.05, 0) is 36.4 Å². The average Bonchev–Trinajstić information content (AvgIpc) is 2.52. The summed E-state index contributed by atoms with van der Waals surface area (Å²) in [5.74, 6) is 0.516. The number of anilines is 1. The molecular weight excluding hydrogens is 272 g/mol. The lowest BCUT2D eigenvalue weighted by Gasteiger charge is -2.09. The second-order valence-corrected chi connectivity index (χ2v) is 4.19. The highest BCUT2D eigenvalue weighted by Crippen LogP contribution is 2.15. The number of rotatable bonds is 6. The van der Waals surface area contributed by atoms with Crippen LogP contribution in [0.4, 0.5) is 5.69 Å². The molecule has 0 saturated carbocycles. The summed E-state index contributed by atoms with van der Waals surface area (Å²) in [5, 5.41) is 0. The number of methoxy groups -OCH3 is 1. The monoisotopic (exact) mass is 288 g/mol. The number of carbonyl (C=O) groups is 1. The molecule has 0 amide bonds. The Hall–Kier alpha value is -2.76. The number of ether oxygens (including phenoxy) is 3. The minimum atomic E-state index is -0.474. The predicted molar refractivity (Wildman–Crippen MR) is 76.9 cm³/mol. The maximum absolute atomic E-state index is 11.6. The molecule has 0 spiro atoms. The fourth-order valence-corrected chi connectivity index (χ4v) is 1.62. The van der Waals surface area contributed by atoms with E-state index in [4.69, 9.17) is 19.9 Å². The molecule has 0 aliphatic heterocycles. The van der Waals surface area contributed by atoms with Gasteiger partial charge in [0.25, 0.3) is 0 Å². The van der Waals surface area contributed by atoms with Crippen LogP contribution in [-0.4, -0.2) is 24.7 Å². The zero-order chi connectivity index (χ0) is 15.1. The van der Waals surface area contributed by atoms with Crippen molar-refractivity contribution < 1.29 is 19.0 Å². The van der Waals surface area contributed by atoms with E-state index in [0.29, 0.717) is 22.9 Å². The molecule has 6 nitrogen and oxygen atoms in total. The first-order chi connectivity index (χ1) is 10.2. The maximum atomic E-state index is 11.6. The third kappa shape index (κ3) is 4.38. The molecule has 0 atom stereocenters. The summed E-state index contributed by atoms with van der Waals surface area (Å²) in [6, 6.07) is 10.3. The number of nitrogens with two attached hydrogens (primary N) is 1. The van der Waals surface area contributed by atoms with Gasteiger partial charge < -0.3 is 19.9 Å². The zero-order valence-electron chi connectivity index (χ0n) is 11.6. The van der Waals surface area contributed by atoms with Crippen LogP contribution in [0.1, 0.15) is 5.56 Å². The van der Waals surface area contributed by atoms with Crippen LogP contribution in [-0.2, 0) is 16.1 Å². The van der Waals surface area contributed by atoms with E-state index >= 15 is 0 Å². The number of carbonyl (C=O) groups excluding carboxylic acids is 1. The highest BCUT2D eigenvalue weighted by molar-refractivity contribution is 5.71. The van der Waals surface area contributed by atoms with E-state index in [0.717, 1.165) is 0 Å². The highest BCUT2D eigenvalue weighted by atomic mass is 16.6. The van der Waals surface area contributed by atoms with Crippen LogP contribution >= 0.6 is 0 Å². The molecule has 0 fully saturated rings. The normalized spacial score (nSPS) is 9.95. The van der Waals surface area contributed by atoms with Gasteiger partial charge in [-0.25, -0.2) is 9.78 Å². The van der Waals surface area contributed by atoms with Gasteiger partial charge in [0.05, 0.1) is 12.7 Å². The van der Waals surface area contributed by atoms with E-state index in [1.54, 1.807) is 42.6 Å². The van der Waals surface area contributed by atoms with Gasteiger partial charge in [-0.3, -0.25) is 0 Å². The summed E-state index contributed by atoms with van der Waals surface area (Å²) < 4.78 is 15.5. The van der Waals surface area contributed by atoms with Gasteiger partial charge in [0.15, 0.2) is 6.61 Å². The smallest absolute Gasteiger partial charge is 0.344 e. The number of hydrogen-bond acceptors (Lipinski definition) is 6. The summed E-state index contributed by atoms with van der Waals surface area (Å²) in [6.07, 6.45) is 1.61. The molecule has 0 bridgehead atoms. The third-order valence-electron chi connectivity index (χ3n) is 2.67. The number of esters is 1. The SMILES string of the molecule is COc1ncccc1COC(=O)COc1ccc(N)cc1. The van der Waals surface area contributed by atoms with E-state index < -0.39 is 5.97 Å². The van der Waals surface area contributed by atoms with Crippen LogP contribution in [0.2, 0.25) is 0 Å². The molecular formula is C15H16N2O4. The first-order valence-corrected chi connectivity index (χ1v) is 6.31. The van der Waals surface area contributed by atoms with Crippen LogP contribution < -0.4 is 15.2 Å². The number of nitrogen functional groups attached to an aromatic ring is 1. The van der Waals surface area contributed by atoms with E-state index in [1.165, 1.54) is 7.11 Å². The molecule has 6 heteroatoms. The topological polar surface area (TPSA) is 83.7 Å². The van der Waals surface area contributed by atoms with Gasteiger partial charge in [-0.2, -0.15) is 0 Å². The van der Waals surface area contributed by atoms with E-state index in [1.807, 2.05) is 0 Å². The van der Waals surface area contributed by atoms with Gasteiger partial charge in [-0.1, -0.05) is 0 Å². The molecule has 0 aliphatic rings. The number of nitrogens with zero attached hydrogens (tertiary/aromatic N) is 1. The van der Waals surface area contributed by atoms with Gasteiger partial charge in [-0.15, -0.1) is 0 Å². The lowest BCUT2D eigenvalue weighted by molar-refractivity contribution is -0.147. The van der Waals surface area contributed by atoms with Crippen molar-refractivity contribution in [3.05, 3.63) is 48.2 Å². The first kappa shape index (κ1) is 14.6. The van der Waals surface area contributed by atoms with E-state index in [-0.39, 0.29) is 13.2 Å². The van der Waals surface area contributed by atoms with Crippen molar-refractivity contribution in [2.24, 2.45) is 0 Å². The molecule has 1 heterocycles. The average molecular weight is 288 g/mol. The summed E-state index contributed by atoms with van der Waals surface area (Å²) in [7, 11) is 1.51. The molecule has 0 radical (unpaired) electrons. The molecule has 0 aliphatic carbocycles. The summed E-state index contributed by atoms with van der Waals surface area (Å²) in [4.78, 5) is 15.6. The first-order valence-electron chi connectivity index (χ1n) is 6.31. The van der Waals surface area contributed by atoms with Crippen molar-refractivity contribution in [3.8, 4) is 11.6 Å². The molecule has 1 aromatic heterocycles. The molecule has 110 valence electrons. The van der Waals surface area contributed by atoms with Gasteiger partial charge >= 0.3 is 5.97 Å². The minimum Gasteiger partial charge on any atom is -0.482 e. The fourth-order valence-electron chi connectivity index (χ4n) is 1.62. The van der Waals surface area contributed by atoms with Gasteiger partial charge in [0, 0.05) is 11.9 Å². The standard InChI is InChI=1S/C15H16N2O4/c1-19-15-11(3-2-8-17-15)9-21-14(18)10-20-13-6-4-12(16)5-7-13/h2-8H,9-10,16H2,1H3. The summed E-state index contributed by atoms with van der Waals surface area (Å²) in [5.41, 5.74) is 6.89. The van der Waals surface area contributed by atoms with E-state index in [9.17, 15) is 4.79 Å². The van der Waals surface area contributed by atoms with Crippen molar-refractivity contribution in [2.75, 3.05) is 19.5 Å². The number of hydrogen-bond donors (Lipinski definition) is 1. The molecule has 21 heavy (non-hydrogen) atoms. The van der Waals surface area contributed by atoms with Crippen LogP contribution in [0.15, 0.2) is 42.6 Å². The Morgan fingerprint density at radius 2 is 2.00 bits per heavy atom. The molecule has 2 aromatic rings. The third-order valence-corrected chi connectivity index (χ3v) is 2.67. The molecule has 0 unspecified atom stereocenters. The van der Waals surface area contributed by atoms with Crippen LogP contribution in [0.5, 0.6) is 11.6 Å². The quantitative estimate of drug-likeness (QED) is 0.644. The lowest BCUT2D eigenvalue weighted by atomic mass is 10.3. The second kappa shape index (κ2) is 7.14. The molecule has 0 saturated heterocycles. The Labute approximate surface area is 122 Å². The van der Waals surface area contributed by atoms with Crippen molar-refractivity contribution in [3.63, 3.8) is 0 Å². The van der Waals surface area contributed by atoms with Gasteiger partial charge in [0.2, 0.25) is 5.88 Å².